The van der Waals surface area contributed by atoms with Gasteiger partial charge in [-0.15, -0.1) is 0 Å². The van der Waals surface area contributed by atoms with Gasteiger partial charge in [-0.2, -0.15) is 0 Å². The molecule has 0 radical (unpaired) electrons. The van der Waals surface area contributed by atoms with Gasteiger partial charge in [0.15, 0.2) is 17.3 Å². The molecule has 3 heterocycles. The molecule has 0 fully saturated rings. The van der Waals surface area contributed by atoms with E-state index in [0.29, 0.717) is 23.9 Å². The highest BCUT2D eigenvalue weighted by molar-refractivity contribution is 5.85. The lowest BCUT2D eigenvalue weighted by Gasteiger charge is -2.11. The molecular weight excluding hydrogens is 364 g/mol. The molecule has 0 bridgehead atoms. The number of pyridine rings is 1. The second-order valence-electron chi connectivity index (χ2n) is 7.35. The standard InChI is InChI=1S/C22H24N6O/c1-14(2)28-13-25-19-21(24-10-8-16-6-7-18(29)15(3)11-16)26-20(27-22(19)28)17-5-4-9-23-12-17/h4-7,9,11-14,29H,8,10H2,1-3H3,(H,24,26,27). The van der Waals surface area contributed by atoms with E-state index < -0.39 is 0 Å². The summed E-state index contributed by atoms with van der Waals surface area (Å²) in [4.78, 5) is 18.2. The molecule has 0 saturated heterocycles. The Morgan fingerprint density at radius 3 is 2.76 bits per heavy atom. The van der Waals surface area contributed by atoms with Crippen LogP contribution in [0, 0.1) is 6.92 Å². The molecule has 0 aliphatic rings. The molecule has 0 aliphatic carbocycles. The fourth-order valence-electron chi connectivity index (χ4n) is 3.24. The Morgan fingerprint density at radius 1 is 1.17 bits per heavy atom. The van der Waals surface area contributed by atoms with E-state index >= 15 is 0 Å². The molecule has 4 rings (SSSR count). The normalized spacial score (nSPS) is 11.3. The first-order valence-corrected chi connectivity index (χ1v) is 9.70. The molecule has 0 amide bonds. The number of anilines is 1. The Kier molecular flexibility index (Phi) is 5.12. The SMILES string of the molecule is Cc1cc(CCNc2nc(-c3cccnc3)nc3c2ncn3C(C)C)ccc1O. The summed E-state index contributed by atoms with van der Waals surface area (Å²) in [5, 5.41) is 13.1. The minimum absolute atomic E-state index is 0.240. The minimum Gasteiger partial charge on any atom is -0.508 e. The van der Waals surface area contributed by atoms with Crippen LogP contribution < -0.4 is 5.32 Å². The molecule has 7 nitrogen and oxygen atoms in total. The highest BCUT2D eigenvalue weighted by atomic mass is 16.3. The second-order valence-corrected chi connectivity index (χ2v) is 7.35. The van der Waals surface area contributed by atoms with Gasteiger partial charge in [0.25, 0.3) is 0 Å². The van der Waals surface area contributed by atoms with Crippen molar-refractivity contribution in [1.29, 1.82) is 0 Å². The smallest absolute Gasteiger partial charge is 0.166 e. The number of nitrogens with zero attached hydrogens (tertiary/aromatic N) is 5. The number of nitrogens with one attached hydrogen (secondary N) is 1. The van der Waals surface area contributed by atoms with Crippen LogP contribution in [0.2, 0.25) is 0 Å². The molecule has 3 aromatic heterocycles. The summed E-state index contributed by atoms with van der Waals surface area (Å²) in [6.45, 7) is 6.80. The van der Waals surface area contributed by atoms with Crippen LogP contribution >= 0.6 is 0 Å². The zero-order valence-electron chi connectivity index (χ0n) is 16.8. The van der Waals surface area contributed by atoms with E-state index in [1.54, 1.807) is 18.5 Å². The first kappa shape index (κ1) is 18.9. The van der Waals surface area contributed by atoms with Crippen molar-refractivity contribution in [1.82, 2.24) is 24.5 Å². The number of hydrogen-bond acceptors (Lipinski definition) is 6. The van der Waals surface area contributed by atoms with Crippen molar-refractivity contribution in [3.63, 3.8) is 0 Å². The van der Waals surface area contributed by atoms with Crippen molar-refractivity contribution in [2.24, 2.45) is 0 Å². The molecular formula is C22H24N6O. The molecule has 7 heteroatoms. The summed E-state index contributed by atoms with van der Waals surface area (Å²) in [6.07, 6.45) is 6.12. The van der Waals surface area contributed by atoms with Crippen molar-refractivity contribution in [2.75, 3.05) is 11.9 Å². The number of aromatic nitrogens is 5. The zero-order valence-corrected chi connectivity index (χ0v) is 16.8. The number of imidazole rings is 1. The topological polar surface area (TPSA) is 88.8 Å². The molecule has 4 aromatic rings. The van der Waals surface area contributed by atoms with Crippen molar-refractivity contribution < 1.29 is 5.11 Å². The maximum atomic E-state index is 9.70. The lowest BCUT2D eigenvalue weighted by Crippen LogP contribution is -2.09. The summed E-state index contributed by atoms with van der Waals surface area (Å²) in [7, 11) is 0. The van der Waals surface area contributed by atoms with Crippen molar-refractivity contribution in [3.8, 4) is 17.1 Å². The Bertz CT molecular complexity index is 1140. The Balaban J connectivity index is 1.66. The van der Waals surface area contributed by atoms with Gasteiger partial charge in [0.2, 0.25) is 0 Å². The van der Waals surface area contributed by atoms with Gasteiger partial charge in [-0.25, -0.2) is 15.0 Å². The number of rotatable bonds is 6. The fraction of sp³-hybridized carbons (Fsp3) is 0.273. The molecule has 0 saturated carbocycles. The average Bonchev–Trinajstić information content (AvgIpc) is 3.16. The summed E-state index contributed by atoms with van der Waals surface area (Å²) >= 11 is 0. The van der Waals surface area contributed by atoms with Gasteiger partial charge in [-0.05, 0) is 56.5 Å². The van der Waals surface area contributed by atoms with E-state index in [1.165, 1.54) is 0 Å². The van der Waals surface area contributed by atoms with Crippen LogP contribution in [0.25, 0.3) is 22.6 Å². The van der Waals surface area contributed by atoms with Crippen LogP contribution in [0.1, 0.15) is 31.0 Å². The quantitative estimate of drug-likeness (QED) is 0.516. The van der Waals surface area contributed by atoms with Gasteiger partial charge in [0, 0.05) is 30.5 Å². The predicted octanol–water partition coefficient (Wildman–Crippen LogP) is 4.14. The van der Waals surface area contributed by atoms with Gasteiger partial charge in [-0.1, -0.05) is 12.1 Å². The van der Waals surface area contributed by atoms with E-state index in [0.717, 1.165) is 34.3 Å². The van der Waals surface area contributed by atoms with Crippen LogP contribution in [0.5, 0.6) is 5.75 Å². The van der Waals surface area contributed by atoms with Crippen LogP contribution in [0.3, 0.4) is 0 Å². The average molecular weight is 388 g/mol. The molecule has 0 unspecified atom stereocenters. The molecule has 0 aliphatic heterocycles. The summed E-state index contributed by atoms with van der Waals surface area (Å²) in [6, 6.07) is 9.74. The van der Waals surface area contributed by atoms with E-state index in [-0.39, 0.29) is 6.04 Å². The fourth-order valence-corrected chi connectivity index (χ4v) is 3.24. The van der Waals surface area contributed by atoms with Gasteiger partial charge in [0.1, 0.15) is 11.3 Å². The van der Waals surface area contributed by atoms with E-state index in [9.17, 15) is 5.11 Å². The molecule has 2 N–H and O–H groups in total. The summed E-state index contributed by atoms with van der Waals surface area (Å²) < 4.78 is 2.05. The van der Waals surface area contributed by atoms with Crippen LogP contribution in [-0.2, 0) is 6.42 Å². The first-order chi connectivity index (χ1) is 14.0. The summed E-state index contributed by atoms with van der Waals surface area (Å²) in [5.41, 5.74) is 4.45. The molecule has 1 aromatic carbocycles. The van der Waals surface area contributed by atoms with Crippen molar-refractivity contribution in [3.05, 3.63) is 60.2 Å². The number of phenolic OH excluding ortho intramolecular Hbond substituents is 1. The number of benzene rings is 1. The lowest BCUT2D eigenvalue weighted by molar-refractivity contribution is 0.471. The lowest BCUT2D eigenvalue weighted by atomic mass is 10.1. The van der Waals surface area contributed by atoms with Gasteiger partial charge >= 0.3 is 0 Å². The Hall–Kier alpha value is -3.48. The molecule has 29 heavy (non-hydrogen) atoms. The number of aromatic hydroxyl groups is 1. The first-order valence-electron chi connectivity index (χ1n) is 9.70. The number of fused-ring (bicyclic) bond motifs is 1. The zero-order chi connectivity index (χ0) is 20.4. The Labute approximate surface area is 169 Å². The van der Waals surface area contributed by atoms with E-state index in [4.69, 9.17) is 9.97 Å². The van der Waals surface area contributed by atoms with Crippen molar-refractivity contribution in [2.45, 2.75) is 33.2 Å². The largest absolute Gasteiger partial charge is 0.508 e. The third kappa shape index (κ3) is 3.89. The summed E-state index contributed by atoms with van der Waals surface area (Å²) in [5.74, 6) is 1.65. The third-order valence-electron chi connectivity index (χ3n) is 4.86. The van der Waals surface area contributed by atoms with E-state index in [2.05, 4.69) is 29.1 Å². The van der Waals surface area contributed by atoms with Crippen LogP contribution in [0.4, 0.5) is 5.82 Å². The molecule has 0 spiro atoms. The Morgan fingerprint density at radius 2 is 2.03 bits per heavy atom. The van der Waals surface area contributed by atoms with Gasteiger partial charge in [-0.3, -0.25) is 4.98 Å². The highest BCUT2D eigenvalue weighted by Crippen LogP contribution is 2.25. The van der Waals surface area contributed by atoms with E-state index in [1.807, 2.05) is 42.1 Å². The van der Waals surface area contributed by atoms with Gasteiger partial charge in [0.05, 0.1) is 6.33 Å². The number of phenols is 1. The monoisotopic (exact) mass is 388 g/mol. The van der Waals surface area contributed by atoms with Crippen molar-refractivity contribution >= 4 is 17.0 Å². The predicted molar refractivity (Wildman–Crippen MR) is 114 cm³/mol. The number of aryl methyl sites for hydroxylation is 1. The highest BCUT2D eigenvalue weighted by Gasteiger charge is 2.15. The second kappa shape index (κ2) is 7.87. The third-order valence-corrected chi connectivity index (χ3v) is 4.86. The minimum atomic E-state index is 0.240. The number of hydrogen-bond donors (Lipinski definition) is 2. The van der Waals surface area contributed by atoms with Crippen LogP contribution in [-0.4, -0.2) is 36.2 Å². The van der Waals surface area contributed by atoms with Crippen LogP contribution in [0.15, 0.2) is 49.1 Å². The maximum absolute atomic E-state index is 9.70. The molecule has 0 atom stereocenters. The molecule has 148 valence electrons. The van der Waals surface area contributed by atoms with Gasteiger partial charge < -0.3 is 15.0 Å². The maximum Gasteiger partial charge on any atom is 0.166 e.